The average Bonchev–Trinajstić information content (AvgIpc) is 3.69. The Morgan fingerprint density at radius 3 is 1.73 bits per heavy atom. The van der Waals surface area contributed by atoms with Gasteiger partial charge in [-0.05, 0) is 62.6 Å². The first kappa shape index (κ1) is 26.0. The molecule has 0 radical (unpaired) electrons. The van der Waals surface area contributed by atoms with E-state index >= 15 is 0 Å². The SMILES string of the molecule is c1ccc2cc3c(cc2c1)sc1c(-c2nc(-n4c5ccc6ccccc6c5c5c6ccccc6ccc54)nc4ccccc24)cccc13. The van der Waals surface area contributed by atoms with Gasteiger partial charge >= 0.3 is 0 Å². The van der Waals surface area contributed by atoms with Crippen LogP contribution < -0.4 is 0 Å². The smallest absolute Gasteiger partial charge is 0.235 e. The summed E-state index contributed by atoms with van der Waals surface area (Å²) in [5.74, 6) is 0.679. The van der Waals surface area contributed by atoms with Crippen LogP contribution in [-0.4, -0.2) is 14.5 Å². The lowest BCUT2D eigenvalue weighted by molar-refractivity contribution is 1.01. The summed E-state index contributed by atoms with van der Waals surface area (Å²) >= 11 is 1.85. The van der Waals surface area contributed by atoms with Crippen LogP contribution in [-0.2, 0) is 0 Å². The van der Waals surface area contributed by atoms with E-state index in [1.165, 1.54) is 63.3 Å². The molecule has 0 unspecified atom stereocenters. The number of fused-ring (bicyclic) bond motifs is 12. The average molecular weight is 628 g/mol. The zero-order valence-corrected chi connectivity index (χ0v) is 26.5. The van der Waals surface area contributed by atoms with Crippen molar-refractivity contribution in [3.63, 3.8) is 0 Å². The Labute approximate surface area is 278 Å². The molecule has 0 saturated carbocycles. The second-order valence-electron chi connectivity index (χ2n) is 12.6. The summed E-state index contributed by atoms with van der Waals surface area (Å²) in [6.45, 7) is 0. The molecule has 0 amide bonds. The molecule has 3 aromatic heterocycles. The van der Waals surface area contributed by atoms with E-state index in [2.05, 4.69) is 156 Å². The largest absolute Gasteiger partial charge is 0.278 e. The van der Waals surface area contributed by atoms with Crippen LogP contribution in [0.3, 0.4) is 0 Å². The highest BCUT2D eigenvalue weighted by atomic mass is 32.1. The topological polar surface area (TPSA) is 30.7 Å². The van der Waals surface area contributed by atoms with E-state index in [9.17, 15) is 0 Å². The number of rotatable bonds is 2. The highest BCUT2D eigenvalue weighted by Gasteiger charge is 2.21. The van der Waals surface area contributed by atoms with Crippen molar-refractivity contribution in [2.45, 2.75) is 0 Å². The Hall–Kier alpha value is -6.10. The number of hydrogen-bond donors (Lipinski definition) is 0. The highest BCUT2D eigenvalue weighted by Crippen LogP contribution is 2.44. The van der Waals surface area contributed by atoms with Gasteiger partial charge in [-0.3, -0.25) is 4.57 Å². The summed E-state index contributed by atoms with van der Waals surface area (Å²) < 4.78 is 4.81. The molecule has 0 spiro atoms. The Balaban J connectivity index is 1.26. The van der Waals surface area contributed by atoms with E-state index in [4.69, 9.17) is 9.97 Å². The summed E-state index contributed by atoms with van der Waals surface area (Å²) in [4.78, 5) is 10.8. The van der Waals surface area contributed by atoms with E-state index in [-0.39, 0.29) is 0 Å². The van der Waals surface area contributed by atoms with E-state index in [0.29, 0.717) is 5.95 Å². The van der Waals surface area contributed by atoms with Crippen LogP contribution in [0.2, 0.25) is 0 Å². The fourth-order valence-corrected chi connectivity index (χ4v) is 9.05. The number of hydrogen-bond acceptors (Lipinski definition) is 3. The first-order valence-electron chi connectivity index (χ1n) is 16.3. The van der Waals surface area contributed by atoms with Crippen LogP contribution in [0.15, 0.2) is 152 Å². The molecule has 11 aromatic rings. The molecule has 0 fully saturated rings. The first-order chi connectivity index (χ1) is 23.8. The molecule has 0 bridgehead atoms. The number of thiophene rings is 1. The van der Waals surface area contributed by atoms with Crippen LogP contribution in [0.25, 0.3) is 102 Å². The van der Waals surface area contributed by atoms with Gasteiger partial charge in [-0.1, -0.05) is 121 Å². The molecule has 11 rings (SSSR count). The van der Waals surface area contributed by atoms with Gasteiger partial charge in [0, 0.05) is 41.9 Å². The molecule has 48 heavy (non-hydrogen) atoms. The molecule has 0 aliphatic heterocycles. The lowest BCUT2D eigenvalue weighted by atomic mass is 10.00. The van der Waals surface area contributed by atoms with E-state index < -0.39 is 0 Å². The standard InChI is InChI=1S/C44H25N3S/c1-2-13-29-25-39-35(24-28(29)12-1)32-17-9-18-34(43(32)48-39)42-33-16-7-8-19-36(33)45-44(46-42)47-37-22-20-26-10-3-5-14-30(26)40(37)41-31-15-6-4-11-27(31)21-23-38(41)47/h1-25H. The maximum Gasteiger partial charge on any atom is 0.235 e. The van der Waals surface area contributed by atoms with Crippen molar-refractivity contribution in [1.29, 1.82) is 0 Å². The minimum Gasteiger partial charge on any atom is -0.278 e. The summed E-state index contributed by atoms with van der Waals surface area (Å²) in [6.07, 6.45) is 0. The summed E-state index contributed by atoms with van der Waals surface area (Å²) in [6, 6.07) is 54.6. The zero-order chi connectivity index (χ0) is 31.3. The predicted molar refractivity (Wildman–Crippen MR) is 205 cm³/mol. The second-order valence-corrected chi connectivity index (χ2v) is 13.6. The Morgan fingerprint density at radius 2 is 1.02 bits per heavy atom. The van der Waals surface area contributed by atoms with E-state index in [1.54, 1.807) is 0 Å². The van der Waals surface area contributed by atoms with Crippen molar-refractivity contribution in [1.82, 2.24) is 14.5 Å². The molecule has 0 aliphatic carbocycles. The van der Waals surface area contributed by atoms with Crippen LogP contribution >= 0.6 is 11.3 Å². The summed E-state index contributed by atoms with van der Waals surface area (Å²) in [5, 5.41) is 13.5. The van der Waals surface area contributed by atoms with Crippen molar-refractivity contribution in [2.24, 2.45) is 0 Å². The third-order valence-electron chi connectivity index (χ3n) is 9.96. The fourth-order valence-electron chi connectivity index (χ4n) is 7.80. The number of para-hydroxylation sites is 1. The molecule has 8 aromatic carbocycles. The zero-order valence-electron chi connectivity index (χ0n) is 25.7. The summed E-state index contributed by atoms with van der Waals surface area (Å²) in [5.41, 5.74) is 5.22. The molecule has 0 N–H and O–H groups in total. The van der Waals surface area contributed by atoms with Crippen LogP contribution in [0.1, 0.15) is 0 Å². The fraction of sp³-hybridized carbons (Fsp3) is 0. The lowest BCUT2D eigenvalue weighted by Crippen LogP contribution is -2.03. The third-order valence-corrected chi connectivity index (χ3v) is 11.2. The van der Waals surface area contributed by atoms with Gasteiger partial charge in [0.2, 0.25) is 5.95 Å². The molecule has 3 nitrogen and oxygen atoms in total. The number of benzene rings is 8. The van der Waals surface area contributed by atoms with Gasteiger partial charge in [0.15, 0.2) is 0 Å². The molecular weight excluding hydrogens is 603 g/mol. The molecular formula is C44H25N3S. The Bertz CT molecular complexity index is 3040. The van der Waals surface area contributed by atoms with Crippen molar-refractivity contribution < 1.29 is 0 Å². The van der Waals surface area contributed by atoms with Gasteiger partial charge in [0.1, 0.15) is 0 Å². The quantitative estimate of drug-likeness (QED) is 0.191. The van der Waals surface area contributed by atoms with Crippen LogP contribution in [0.5, 0.6) is 0 Å². The van der Waals surface area contributed by atoms with E-state index in [1.807, 2.05) is 11.3 Å². The van der Waals surface area contributed by atoms with E-state index in [0.717, 1.165) is 33.2 Å². The highest BCUT2D eigenvalue weighted by molar-refractivity contribution is 7.26. The monoisotopic (exact) mass is 627 g/mol. The van der Waals surface area contributed by atoms with Crippen molar-refractivity contribution in [3.8, 4) is 17.2 Å². The maximum atomic E-state index is 5.51. The lowest BCUT2D eigenvalue weighted by Gasteiger charge is -2.12. The number of aromatic nitrogens is 3. The summed E-state index contributed by atoms with van der Waals surface area (Å²) in [7, 11) is 0. The molecule has 3 heterocycles. The Kier molecular flexibility index (Phi) is 5.26. The number of nitrogens with zero attached hydrogens (tertiary/aromatic N) is 3. The predicted octanol–water partition coefficient (Wildman–Crippen LogP) is 12.2. The minimum atomic E-state index is 0.679. The van der Waals surface area contributed by atoms with Gasteiger partial charge in [0.05, 0.1) is 22.2 Å². The second kappa shape index (κ2) is 9.71. The van der Waals surface area contributed by atoms with Gasteiger partial charge in [0.25, 0.3) is 0 Å². The molecule has 222 valence electrons. The van der Waals surface area contributed by atoms with Crippen molar-refractivity contribution in [3.05, 3.63) is 152 Å². The van der Waals surface area contributed by atoms with Crippen LogP contribution in [0, 0.1) is 0 Å². The maximum absolute atomic E-state index is 5.51. The van der Waals surface area contributed by atoms with Crippen LogP contribution in [0.4, 0.5) is 0 Å². The van der Waals surface area contributed by atoms with Crippen molar-refractivity contribution >= 4 is 96.5 Å². The normalized spacial score (nSPS) is 12.2. The van der Waals surface area contributed by atoms with Gasteiger partial charge in [-0.2, -0.15) is 0 Å². The molecule has 0 saturated heterocycles. The van der Waals surface area contributed by atoms with Crippen molar-refractivity contribution in [2.75, 3.05) is 0 Å². The third kappa shape index (κ3) is 3.58. The molecule has 4 heteroatoms. The van der Waals surface area contributed by atoms with Gasteiger partial charge in [-0.25, -0.2) is 9.97 Å². The first-order valence-corrected chi connectivity index (χ1v) is 17.1. The molecule has 0 atom stereocenters. The minimum absolute atomic E-state index is 0.679. The van der Waals surface area contributed by atoms with Gasteiger partial charge in [-0.15, -0.1) is 11.3 Å². The van der Waals surface area contributed by atoms with Gasteiger partial charge < -0.3 is 0 Å². The molecule has 0 aliphatic rings. The Morgan fingerprint density at radius 1 is 0.438 bits per heavy atom.